The summed E-state index contributed by atoms with van der Waals surface area (Å²) in [5.74, 6) is -0.408. The van der Waals surface area contributed by atoms with Crippen molar-refractivity contribution in [2.75, 3.05) is 0 Å². The van der Waals surface area contributed by atoms with Crippen LogP contribution in [0.2, 0.25) is 0 Å². The van der Waals surface area contributed by atoms with Crippen LogP contribution in [0.5, 0.6) is 0 Å². The zero-order valence-electron chi connectivity index (χ0n) is 6.29. The maximum absolute atomic E-state index is 12.5. The average Bonchev–Trinajstić information content (AvgIpc) is 2.54. The Morgan fingerprint density at radius 3 is 2.50 bits per heavy atom. The van der Waals surface area contributed by atoms with Gasteiger partial charge in [0.2, 0.25) is 5.95 Å². The van der Waals surface area contributed by atoms with Gasteiger partial charge in [0.15, 0.2) is 0 Å². The number of aromatic amines is 1. The first-order valence-corrected chi connectivity index (χ1v) is 3.62. The average molecular weight is 162 g/mol. The van der Waals surface area contributed by atoms with Gasteiger partial charge in [-0.1, -0.05) is 30.3 Å². The molecular weight excluding hydrogens is 155 g/mol. The zero-order chi connectivity index (χ0) is 8.39. The van der Waals surface area contributed by atoms with Crippen LogP contribution in [0.4, 0.5) is 4.39 Å². The molecule has 2 rings (SSSR count). The van der Waals surface area contributed by atoms with Gasteiger partial charge in [-0.2, -0.15) is 9.49 Å². The molecule has 0 aliphatic heterocycles. The Balaban J connectivity index is 2.45. The summed E-state index contributed by atoms with van der Waals surface area (Å²) >= 11 is 0. The molecule has 3 heteroatoms. The lowest BCUT2D eigenvalue weighted by Crippen LogP contribution is -1.75. The zero-order valence-corrected chi connectivity index (χ0v) is 6.29. The van der Waals surface area contributed by atoms with E-state index < -0.39 is 5.95 Å². The Morgan fingerprint density at radius 1 is 1.17 bits per heavy atom. The molecule has 1 N–H and O–H groups in total. The van der Waals surface area contributed by atoms with Gasteiger partial charge in [0.25, 0.3) is 0 Å². The van der Waals surface area contributed by atoms with E-state index in [0.29, 0.717) is 5.69 Å². The van der Waals surface area contributed by atoms with Gasteiger partial charge in [-0.05, 0) is 0 Å². The van der Waals surface area contributed by atoms with Gasteiger partial charge in [-0.3, -0.25) is 5.10 Å². The predicted molar refractivity (Wildman–Crippen MR) is 44.0 cm³/mol. The lowest BCUT2D eigenvalue weighted by atomic mass is 10.2. The largest absolute Gasteiger partial charge is 0.252 e. The monoisotopic (exact) mass is 162 g/mol. The third-order valence-corrected chi connectivity index (χ3v) is 1.62. The molecule has 0 amide bonds. The Morgan fingerprint density at radius 2 is 1.92 bits per heavy atom. The van der Waals surface area contributed by atoms with Crippen LogP contribution in [0.25, 0.3) is 11.3 Å². The fourth-order valence-corrected chi connectivity index (χ4v) is 1.06. The third kappa shape index (κ3) is 1.21. The Bertz CT molecular complexity index is 367. The van der Waals surface area contributed by atoms with E-state index in [0.717, 1.165) is 5.56 Å². The molecule has 1 aromatic heterocycles. The predicted octanol–water partition coefficient (Wildman–Crippen LogP) is 2.22. The number of aromatic nitrogens is 2. The molecule has 2 aromatic rings. The lowest BCUT2D eigenvalue weighted by molar-refractivity contribution is 0.579. The number of H-pyrrole nitrogens is 1. The summed E-state index contributed by atoms with van der Waals surface area (Å²) in [6, 6.07) is 10.8. The van der Waals surface area contributed by atoms with Crippen molar-refractivity contribution in [2.24, 2.45) is 0 Å². The molecule has 1 aromatic carbocycles. The van der Waals surface area contributed by atoms with E-state index in [1.807, 2.05) is 30.3 Å². The number of halogens is 1. The normalized spacial score (nSPS) is 10.1. The molecule has 0 saturated carbocycles. The van der Waals surface area contributed by atoms with Gasteiger partial charge in [-0.25, -0.2) is 0 Å². The minimum Gasteiger partial charge on any atom is -0.252 e. The summed E-state index contributed by atoms with van der Waals surface area (Å²) < 4.78 is 12.5. The minimum absolute atomic E-state index is 0.408. The smallest absolute Gasteiger partial charge is 0.209 e. The molecule has 60 valence electrons. The van der Waals surface area contributed by atoms with Crippen molar-refractivity contribution in [1.82, 2.24) is 10.2 Å². The van der Waals surface area contributed by atoms with Crippen LogP contribution in [-0.4, -0.2) is 10.2 Å². The molecule has 12 heavy (non-hydrogen) atoms. The van der Waals surface area contributed by atoms with Crippen LogP contribution in [0, 0.1) is 5.95 Å². The third-order valence-electron chi connectivity index (χ3n) is 1.62. The maximum atomic E-state index is 12.5. The van der Waals surface area contributed by atoms with E-state index in [4.69, 9.17) is 0 Å². The van der Waals surface area contributed by atoms with Gasteiger partial charge < -0.3 is 0 Å². The van der Waals surface area contributed by atoms with Crippen LogP contribution in [0.1, 0.15) is 0 Å². The van der Waals surface area contributed by atoms with E-state index in [9.17, 15) is 4.39 Å². The van der Waals surface area contributed by atoms with E-state index in [1.165, 1.54) is 6.07 Å². The van der Waals surface area contributed by atoms with Crippen molar-refractivity contribution >= 4 is 0 Å². The minimum atomic E-state index is -0.408. The Hall–Kier alpha value is -1.64. The second-order valence-electron chi connectivity index (χ2n) is 2.47. The van der Waals surface area contributed by atoms with Gasteiger partial charge in [0.05, 0.1) is 5.69 Å². The first kappa shape index (κ1) is 7.03. The molecule has 1 heterocycles. The highest BCUT2D eigenvalue weighted by Gasteiger charge is 2.00. The number of hydrogen-bond donors (Lipinski definition) is 1. The number of rotatable bonds is 1. The number of hydrogen-bond acceptors (Lipinski definition) is 1. The first-order chi connectivity index (χ1) is 5.86. The summed E-state index contributed by atoms with van der Waals surface area (Å²) in [6.07, 6.45) is 0. The number of nitrogens with zero attached hydrogens (tertiary/aromatic N) is 1. The first-order valence-electron chi connectivity index (χ1n) is 3.62. The molecule has 0 fully saturated rings. The summed E-state index contributed by atoms with van der Waals surface area (Å²) in [4.78, 5) is 0. The summed E-state index contributed by atoms with van der Waals surface area (Å²) in [5, 5.41) is 6.04. The summed E-state index contributed by atoms with van der Waals surface area (Å²) in [5.41, 5.74) is 1.55. The van der Waals surface area contributed by atoms with E-state index in [1.54, 1.807) is 0 Å². The van der Waals surface area contributed by atoms with Crippen LogP contribution >= 0.6 is 0 Å². The van der Waals surface area contributed by atoms with Crippen molar-refractivity contribution < 1.29 is 4.39 Å². The number of nitrogens with one attached hydrogen (secondary N) is 1. The maximum Gasteiger partial charge on any atom is 0.209 e. The molecule has 0 aliphatic rings. The lowest BCUT2D eigenvalue weighted by Gasteiger charge is -1.91. The van der Waals surface area contributed by atoms with Gasteiger partial charge in [0, 0.05) is 11.6 Å². The van der Waals surface area contributed by atoms with Crippen LogP contribution in [0.15, 0.2) is 36.4 Å². The van der Waals surface area contributed by atoms with E-state index in [2.05, 4.69) is 10.2 Å². The van der Waals surface area contributed by atoms with Crippen molar-refractivity contribution in [1.29, 1.82) is 0 Å². The van der Waals surface area contributed by atoms with Crippen LogP contribution in [0.3, 0.4) is 0 Å². The van der Waals surface area contributed by atoms with E-state index in [-0.39, 0.29) is 0 Å². The molecule has 0 spiro atoms. The highest BCUT2D eigenvalue weighted by molar-refractivity contribution is 5.57. The molecule has 2 nitrogen and oxygen atoms in total. The molecule has 0 atom stereocenters. The van der Waals surface area contributed by atoms with Crippen molar-refractivity contribution in [2.45, 2.75) is 0 Å². The van der Waals surface area contributed by atoms with E-state index >= 15 is 0 Å². The SMILES string of the molecule is Fc1cc(-c2ccccc2)n[nH]1. The van der Waals surface area contributed by atoms with Crippen LogP contribution in [-0.2, 0) is 0 Å². The Kier molecular flexibility index (Phi) is 1.63. The van der Waals surface area contributed by atoms with Crippen molar-refractivity contribution in [3.63, 3.8) is 0 Å². The fourth-order valence-electron chi connectivity index (χ4n) is 1.06. The van der Waals surface area contributed by atoms with Crippen LogP contribution < -0.4 is 0 Å². The topological polar surface area (TPSA) is 28.7 Å². The molecule has 0 bridgehead atoms. The van der Waals surface area contributed by atoms with Gasteiger partial charge in [0.1, 0.15) is 0 Å². The molecule has 0 radical (unpaired) electrons. The number of benzene rings is 1. The second kappa shape index (κ2) is 2.77. The fraction of sp³-hybridized carbons (Fsp3) is 0. The van der Waals surface area contributed by atoms with Crippen molar-refractivity contribution in [3.8, 4) is 11.3 Å². The van der Waals surface area contributed by atoms with Crippen molar-refractivity contribution in [3.05, 3.63) is 42.3 Å². The highest BCUT2D eigenvalue weighted by Crippen LogP contribution is 2.15. The molecule has 0 unspecified atom stereocenters. The summed E-state index contributed by atoms with van der Waals surface area (Å²) in [7, 11) is 0. The summed E-state index contributed by atoms with van der Waals surface area (Å²) in [6.45, 7) is 0. The van der Waals surface area contributed by atoms with Gasteiger partial charge >= 0.3 is 0 Å². The molecular formula is C9H7FN2. The van der Waals surface area contributed by atoms with Gasteiger partial charge in [-0.15, -0.1) is 0 Å². The molecule has 0 aliphatic carbocycles. The second-order valence-corrected chi connectivity index (χ2v) is 2.47. The quantitative estimate of drug-likeness (QED) is 0.684. The Labute approximate surface area is 69.1 Å². The molecule has 0 saturated heterocycles. The standard InChI is InChI=1S/C9H7FN2/c10-9-6-8(11-12-9)7-4-2-1-3-5-7/h1-6H,(H,11,12). The highest BCUT2D eigenvalue weighted by atomic mass is 19.1.